The summed E-state index contributed by atoms with van der Waals surface area (Å²) in [6, 6.07) is 7.32. The fourth-order valence-electron chi connectivity index (χ4n) is 3.31. The van der Waals surface area contributed by atoms with Gasteiger partial charge in [0.1, 0.15) is 0 Å². The first kappa shape index (κ1) is 18.0. The predicted molar refractivity (Wildman–Crippen MR) is 97.3 cm³/mol. The van der Waals surface area contributed by atoms with Crippen LogP contribution >= 0.6 is 11.3 Å². The third-order valence-corrected chi connectivity index (χ3v) is 7.63. The molecule has 1 atom stereocenters. The summed E-state index contributed by atoms with van der Waals surface area (Å²) in [7, 11) is -3.95. The molecule has 1 unspecified atom stereocenters. The van der Waals surface area contributed by atoms with Gasteiger partial charge in [-0.25, -0.2) is 8.42 Å². The van der Waals surface area contributed by atoms with Crippen LogP contribution in [-0.4, -0.2) is 24.2 Å². The lowest BCUT2D eigenvalue weighted by molar-refractivity contribution is -0.387. The largest absolute Gasteiger partial charge is 0.289 e. The molecule has 0 N–H and O–H groups in total. The molecule has 1 aromatic heterocycles. The van der Waals surface area contributed by atoms with Crippen molar-refractivity contribution in [2.75, 3.05) is 6.54 Å². The number of sulfonamides is 1. The van der Waals surface area contributed by atoms with Gasteiger partial charge in [-0.05, 0) is 42.8 Å². The fraction of sp³-hybridized carbons (Fsp3) is 0.412. The number of benzene rings is 1. The van der Waals surface area contributed by atoms with Crippen LogP contribution in [0.2, 0.25) is 0 Å². The van der Waals surface area contributed by atoms with Gasteiger partial charge in [-0.2, -0.15) is 4.31 Å². The zero-order valence-electron chi connectivity index (χ0n) is 13.9. The number of thiophene rings is 1. The van der Waals surface area contributed by atoms with Gasteiger partial charge in [-0.1, -0.05) is 25.0 Å². The summed E-state index contributed by atoms with van der Waals surface area (Å²) in [6.45, 7) is 2.36. The third kappa shape index (κ3) is 3.47. The number of aryl methyl sites for hydroxylation is 1. The number of para-hydroxylation sites is 1. The molecule has 134 valence electrons. The normalized spacial score (nSPS) is 19.5. The second-order valence-corrected chi connectivity index (χ2v) is 8.98. The molecule has 1 fully saturated rings. The van der Waals surface area contributed by atoms with Crippen LogP contribution in [-0.2, 0) is 10.0 Å². The number of rotatable bonds is 4. The Balaban J connectivity index is 2.10. The number of hydrogen-bond donors (Lipinski definition) is 0. The van der Waals surface area contributed by atoms with Crippen molar-refractivity contribution in [3.63, 3.8) is 0 Å². The number of hydrogen-bond acceptors (Lipinski definition) is 5. The Morgan fingerprint density at radius 3 is 2.64 bits per heavy atom. The van der Waals surface area contributed by atoms with E-state index in [0.29, 0.717) is 6.54 Å². The SMILES string of the molecule is Cc1ccsc1C1CCCCCN1S(=O)(=O)c1ccccc1[N+](=O)[O-]. The van der Waals surface area contributed by atoms with Crippen molar-refractivity contribution in [2.45, 2.75) is 43.5 Å². The molecule has 6 nitrogen and oxygen atoms in total. The Morgan fingerprint density at radius 1 is 1.20 bits per heavy atom. The highest BCUT2D eigenvalue weighted by molar-refractivity contribution is 7.89. The van der Waals surface area contributed by atoms with Crippen LogP contribution in [0.1, 0.15) is 42.2 Å². The van der Waals surface area contributed by atoms with E-state index in [0.717, 1.165) is 36.1 Å². The molecular weight excluding hydrogens is 360 g/mol. The van der Waals surface area contributed by atoms with Gasteiger partial charge in [0, 0.05) is 17.5 Å². The maximum Gasteiger partial charge on any atom is 0.289 e. The lowest BCUT2D eigenvalue weighted by Crippen LogP contribution is -2.35. The van der Waals surface area contributed by atoms with Crippen LogP contribution in [0.15, 0.2) is 40.6 Å². The standard InChI is InChI=1S/C17H20N2O4S2/c1-13-10-12-24-17(13)15-8-3-2-6-11-18(15)25(22,23)16-9-5-4-7-14(16)19(20)21/h4-5,7,9-10,12,15H,2-3,6,8,11H2,1H3. The van der Waals surface area contributed by atoms with Crippen molar-refractivity contribution in [3.05, 3.63) is 56.3 Å². The summed E-state index contributed by atoms with van der Waals surface area (Å²) < 4.78 is 28.1. The monoisotopic (exact) mass is 380 g/mol. The van der Waals surface area contributed by atoms with Crippen molar-refractivity contribution < 1.29 is 13.3 Å². The van der Waals surface area contributed by atoms with Gasteiger partial charge in [0.25, 0.3) is 5.69 Å². The van der Waals surface area contributed by atoms with Crippen molar-refractivity contribution in [2.24, 2.45) is 0 Å². The molecule has 0 aliphatic carbocycles. The first-order chi connectivity index (χ1) is 11.9. The van der Waals surface area contributed by atoms with E-state index in [1.54, 1.807) is 11.3 Å². The Labute approximate surface area is 151 Å². The first-order valence-electron chi connectivity index (χ1n) is 8.22. The molecule has 1 aliphatic rings. The molecule has 8 heteroatoms. The summed E-state index contributed by atoms with van der Waals surface area (Å²) in [5.41, 5.74) is 0.702. The van der Waals surface area contributed by atoms with Crippen molar-refractivity contribution in [1.29, 1.82) is 0 Å². The molecule has 0 spiro atoms. The molecule has 25 heavy (non-hydrogen) atoms. The number of nitro groups is 1. The van der Waals surface area contributed by atoms with Crippen LogP contribution in [0.4, 0.5) is 5.69 Å². The Hall–Kier alpha value is -1.77. The van der Waals surface area contributed by atoms with E-state index in [9.17, 15) is 18.5 Å². The summed E-state index contributed by atoms with van der Waals surface area (Å²) in [5.74, 6) is 0. The number of nitrogens with zero attached hydrogens (tertiary/aromatic N) is 2. The van der Waals surface area contributed by atoms with E-state index in [-0.39, 0.29) is 16.6 Å². The lowest BCUT2D eigenvalue weighted by Gasteiger charge is -2.29. The minimum Gasteiger partial charge on any atom is -0.258 e. The third-order valence-electron chi connectivity index (χ3n) is 4.56. The van der Waals surface area contributed by atoms with Gasteiger partial charge in [-0.3, -0.25) is 10.1 Å². The summed E-state index contributed by atoms with van der Waals surface area (Å²) >= 11 is 1.55. The van der Waals surface area contributed by atoms with Gasteiger partial charge in [0.2, 0.25) is 10.0 Å². The lowest BCUT2D eigenvalue weighted by atomic mass is 10.1. The van der Waals surface area contributed by atoms with E-state index >= 15 is 0 Å². The van der Waals surface area contributed by atoms with Gasteiger partial charge in [0.05, 0.1) is 11.0 Å². The van der Waals surface area contributed by atoms with Gasteiger partial charge in [-0.15, -0.1) is 11.3 Å². The van der Waals surface area contributed by atoms with E-state index in [1.165, 1.54) is 28.6 Å². The molecule has 0 radical (unpaired) electrons. The molecule has 2 aromatic rings. The minimum atomic E-state index is -3.95. The molecule has 2 heterocycles. The first-order valence-corrected chi connectivity index (χ1v) is 10.5. The predicted octanol–water partition coefficient (Wildman–Crippen LogP) is 4.27. The van der Waals surface area contributed by atoms with E-state index in [1.807, 2.05) is 18.4 Å². The quantitative estimate of drug-likeness (QED) is 0.586. The highest BCUT2D eigenvalue weighted by atomic mass is 32.2. The van der Waals surface area contributed by atoms with Crippen LogP contribution in [0, 0.1) is 17.0 Å². The zero-order valence-corrected chi connectivity index (χ0v) is 15.6. The second kappa shape index (κ2) is 7.23. The average Bonchev–Trinajstić information content (AvgIpc) is 2.86. The molecule has 0 amide bonds. The van der Waals surface area contributed by atoms with Crippen molar-refractivity contribution in [1.82, 2.24) is 4.31 Å². The molecule has 1 aromatic carbocycles. The molecule has 0 bridgehead atoms. The van der Waals surface area contributed by atoms with Crippen molar-refractivity contribution >= 4 is 27.0 Å². The van der Waals surface area contributed by atoms with Crippen molar-refractivity contribution in [3.8, 4) is 0 Å². The Morgan fingerprint density at radius 2 is 1.96 bits per heavy atom. The van der Waals surface area contributed by atoms with Gasteiger partial charge in [0.15, 0.2) is 4.90 Å². The van der Waals surface area contributed by atoms with E-state index < -0.39 is 14.9 Å². The zero-order chi connectivity index (χ0) is 18.0. The minimum absolute atomic E-state index is 0.221. The van der Waals surface area contributed by atoms with Crippen LogP contribution in [0.3, 0.4) is 0 Å². The molecule has 3 rings (SSSR count). The van der Waals surface area contributed by atoms with Crippen LogP contribution < -0.4 is 0 Å². The maximum absolute atomic E-state index is 13.3. The fourth-order valence-corrected chi connectivity index (χ4v) is 6.28. The second-order valence-electron chi connectivity index (χ2n) is 6.17. The summed E-state index contributed by atoms with van der Waals surface area (Å²) in [4.78, 5) is 11.5. The average molecular weight is 380 g/mol. The van der Waals surface area contributed by atoms with E-state index in [2.05, 4.69) is 0 Å². The summed E-state index contributed by atoms with van der Waals surface area (Å²) in [6.07, 6.45) is 3.41. The highest BCUT2D eigenvalue weighted by Gasteiger charge is 2.37. The van der Waals surface area contributed by atoms with Gasteiger partial charge >= 0.3 is 0 Å². The number of nitro benzene ring substituents is 1. The molecule has 1 aliphatic heterocycles. The molecular formula is C17H20N2O4S2. The topological polar surface area (TPSA) is 80.5 Å². The smallest absolute Gasteiger partial charge is 0.258 e. The maximum atomic E-state index is 13.3. The van der Waals surface area contributed by atoms with Crippen LogP contribution in [0.5, 0.6) is 0 Å². The summed E-state index contributed by atoms with van der Waals surface area (Å²) in [5, 5.41) is 13.3. The Bertz CT molecular complexity index is 876. The highest BCUT2D eigenvalue weighted by Crippen LogP contribution is 2.39. The van der Waals surface area contributed by atoms with E-state index in [4.69, 9.17) is 0 Å². The Kier molecular flexibility index (Phi) is 5.21. The van der Waals surface area contributed by atoms with Crippen LogP contribution in [0.25, 0.3) is 0 Å². The molecule has 1 saturated heterocycles. The van der Waals surface area contributed by atoms with Gasteiger partial charge < -0.3 is 0 Å². The molecule has 0 saturated carbocycles.